The van der Waals surface area contributed by atoms with Crippen LogP contribution in [0, 0.1) is 11.8 Å². The predicted octanol–water partition coefficient (Wildman–Crippen LogP) is 4.90. The van der Waals surface area contributed by atoms with E-state index in [-0.39, 0.29) is 6.10 Å². The summed E-state index contributed by atoms with van der Waals surface area (Å²) >= 11 is 0. The van der Waals surface area contributed by atoms with Crippen LogP contribution in [0.15, 0.2) is 24.4 Å². The van der Waals surface area contributed by atoms with Gasteiger partial charge in [0.05, 0.1) is 6.10 Å². The lowest BCUT2D eigenvalue weighted by Gasteiger charge is -2.19. The Morgan fingerprint density at radius 1 is 0.880 bits per heavy atom. The minimum atomic E-state index is -0.0900. The summed E-state index contributed by atoms with van der Waals surface area (Å²) in [4.78, 5) is 2.08. The van der Waals surface area contributed by atoms with Gasteiger partial charge in [-0.2, -0.15) is 0 Å². The fraction of sp³-hybridized carbons (Fsp3) is 0.818. The van der Waals surface area contributed by atoms with Gasteiger partial charge < -0.3 is 15.1 Å². The second-order valence-corrected chi connectivity index (χ2v) is 7.81. The highest BCUT2D eigenvalue weighted by molar-refractivity contribution is 4.98. The fourth-order valence-corrected chi connectivity index (χ4v) is 3.83. The summed E-state index contributed by atoms with van der Waals surface area (Å²) in [5.41, 5.74) is 0. The van der Waals surface area contributed by atoms with E-state index in [4.69, 9.17) is 5.11 Å². The fourth-order valence-electron chi connectivity index (χ4n) is 3.83. The van der Waals surface area contributed by atoms with E-state index in [1.54, 1.807) is 0 Å². The molecule has 1 fully saturated rings. The highest BCUT2D eigenvalue weighted by Gasteiger charge is 2.32. The zero-order chi connectivity index (χ0) is 18.3. The van der Waals surface area contributed by atoms with Crippen molar-refractivity contribution in [1.82, 2.24) is 4.90 Å². The number of aliphatic hydroxyl groups is 2. The van der Waals surface area contributed by atoms with Crippen molar-refractivity contribution in [2.45, 2.75) is 83.2 Å². The van der Waals surface area contributed by atoms with Crippen LogP contribution in [0.5, 0.6) is 0 Å². The third-order valence-electron chi connectivity index (χ3n) is 5.31. The summed E-state index contributed by atoms with van der Waals surface area (Å²) in [6.45, 7) is 0.323. The largest absolute Gasteiger partial charge is 0.396 e. The molecule has 146 valence electrons. The van der Waals surface area contributed by atoms with E-state index in [0.29, 0.717) is 18.4 Å². The average molecular weight is 352 g/mol. The summed E-state index contributed by atoms with van der Waals surface area (Å²) in [5.74, 6) is 1.06. The maximum atomic E-state index is 10.3. The first-order chi connectivity index (χ1) is 12.1. The number of unbranched alkanes of at least 4 members (excludes halogenated alkanes) is 7. The number of rotatable bonds is 14. The summed E-state index contributed by atoms with van der Waals surface area (Å²) in [5, 5.41) is 19.1. The molecule has 1 rings (SSSR count). The number of aliphatic hydroxyl groups excluding tert-OH is 2. The molecule has 1 aliphatic rings. The molecule has 0 aromatic rings. The lowest BCUT2D eigenvalue weighted by atomic mass is 9.88. The molecule has 3 nitrogen and oxygen atoms in total. The van der Waals surface area contributed by atoms with Gasteiger partial charge in [-0.1, -0.05) is 43.9 Å². The Morgan fingerprint density at radius 2 is 1.56 bits per heavy atom. The molecule has 0 saturated heterocycles. The van der Waals surface area contributed by atoms with Crippen LogP contribution in [-0.2, 0) is 0 Å². The molecule has 3 heteroatoms. The molecule has 2 N–H and O–H groups in total. The molecule has 0 amide bonds. The molecule has 0 bridgehead atoms. The molecule has 0 aromatic heterocycles. The van der Waals surface area contributed by atoms with Gasteiger partial charge in [0, 0.05) is 20.7 Å². The molecule has 0 aromatic carbocycles. The van der Waals surface area contributed by atoms with Gasteiger partial charge in [0.1, 0.15) is 0 Å². The molecule has 0 aliphatic heterocycles. The molecule has 0 spiro atoms. The molecule has 0 radical (unpaired) electrons. The van der Waals surface area contributed by atoms with Crippen LogP contribution in [0.25, 0.3) is 0 Å². The number of nitrogens with zero attached hydrogens (tertiary/aromatic N) is 1. The minimum Gasteiger partial charge on any atom is -0.396 e. The first kappa shape index (κ1) is 22.2. The van der Waals surface area contributed by atoms with E-state index in [1.165, 1.54) is 38.5 Å². The van der Waals surface area contributed by atoms with Gasteiger partial charge in [-0.15, -0.1) is 0 Å². The monoisotopic (exact) mass is 351 g/mol. The van der Waals surface area contributed by atoms with Crippen LogP contribution < -0.4 is 0 Å². The lowest BCUT2D eigenvalue weighted by Crippen LogP contribution is -2.18. The van der Waals surface area contributed by atoms with Crippen LogP contribution in [0.1, 0.15) is 77.0 Å². The maximum absolute atomic E-state index is 10.3. The van der Waals surface area contributed by atoms with Crippen molar-refractivity contribution in [2.24, 2.45) is 11.8 Å². The number of allylic oxidation sites excluding steroid dienone is 3. The molecule has 0 unspecified atom stereocenters. The van der Waals surface area contributed by atoms with Gasteiger partial charge >= 0.3 is 0 Å². The smallest absolute Gasteiger partial charge is 0.0574 e. The van der Waals surface area contributed by atoms with E-state index in [0.717, 1.165) is 38.5 Å². The third kappa shape index (κ3) is 10.7. The zero-order valence-corrected chi connectivity index (χ0v) is 16.6. The summed E-state index contributed by atoms with van der Waals surface area (Å²) in [7, 11) is 4.11. The highest BCUT2D eigenvalue weighted by atomic mass is 16.3. The van der Waals surface area contributed by atoms with Gasteiger partial charge in [0.2, 0.25) is 0 Å². The Morgan fingerprint density at radius 3 is 2.28 bits per heavy atom. The molecular formula is C22H41NO2. The van der Waals surface area contributed by atoms with E-state index >= 15 is 0 Å². The highest BCUT2D eigenvalue weighted by Crippen LogP contribution is 2.36. The second kappa shape index (κ2) is 14.4. The van der Waals surface area contributed by atoms with Crippen molar-refractivity contribution < 1.29 is 10.2 Å². The van der Waals surface area contributed by atoms with Gasteiger partial charge in [0.25, 0.3) is 0 Å². The van der Waals surface area contributed by atoms with Crippen LogP contribution in [0.4, 0.5) is 0 Å². The van der Waals surface area contributed by atoms with Gasteiger partial charge in [-0.3, -0.25) is 0 Å². The van der Waals surface area contributed by atoms with Crippen LogP contribution in [-0.4, -0.2) is 41.9 Å². The van der Waals surface area contributed by atoms with E-state index < -0.39 is 0 Å². The second-order valence-electron chi connectivity index (χ2n) is 7.81. The Hall–Kier alpha value is -0.800. The van der Waals surface area contributed by atoms with Crippen LogP contribution in [0.2, 0.25) is 0 Å². The first-order valence-corrected chi connectivity index (χ1v) is 10.4. The van der Waals surface area contributed by atoms with E-state index in [2.05, 4.69) is 43.4 Å². The van der Waals surface area contributed by atoms with Crippen LogP contribution in [0.3, 0.4) is 0 Å². The van der Waals surface area contributed by atoms with Gasteiger partial charge in [-0.25, -0.2) is 0 Å². The molecular weight excluding hydrogens is 310 g/mol. The van der Waals surface area contributed by atoms with Crippen molar-refractivity contribution in [3.63, 3.8) is 0 Å². The zero-order valence-electron chi connectivity index (χ0n) is 16.6. The Labute approximate surface area is 155 Å². The Balaban J connectivity index is 2.16. The Kier molecular flexibility index (Phi) is 12.8. The van der Waals surface area contributed by atoms with Crippen molar-refractivity contribution in [2.75, 3.05) is 20.7 Å². The quantitative estimate of drug-likeness (QED) is 0.346. The van der Waals surface area contributed by atoms with Crippen LogP contribution >= 0.6 is 0 Å². The van der Waals surface area contributed by atoms with E-state index in [1.807, 2.05) is 0 Å². The molecule has 25 heavy (non-hydrogen) atoms. The maximum Gasteiger partial charge on any atom is 0.0574 e. The Bertz CT molecular complexity index is 365. The molecule has 1 aliphatic carbocycles. The minimum absolute atomic E-state index is 0.0900. The van der Waals surface area contributed by atoms with E-state index in [9.17, 15) is 5.11 Å². The topological polar surface area (TPSA) is 43.7 Å². The van der Waals surface area contributed by atoms with Gasteiger partial charge in [-0.05, 0) is 69.4 Å². The van der Waals surface area contributed by atoms with Crippen molar-refractivity contribution in [3.8, 4) is 0 Å². The third-order valence-corrected chi connectivity index (χ3v) is 5.31. The number of hydrogen-bond donors (Lipinski definition) is 2. The lowest BCUT2D eigenvalue weighted by molar-refractivity contribution is 0.117. The number of hydrogen-bond acceptors (Lipinski definition) is 3. The normalized spacial score (nSPS) is 23.9. The van der Waals surface area contributed by atoms with Crippen molar-refractivity contribution in [1.29, 1.82) is 0 Å². The van der Waals surface area contributed by atoms with Crippen molar-refractivity contribution >= 4 is 0 Å². The standard InChI is InChI=1S/C22H41NO2/c1-23(2)18-12-8-5-7-11-15-21-20(16-17-22(21)25)14-10-6-3-4-9-13-19-24/h10,12,14,18,20-22,24-25H,3-9,11,13,15-17,19H2,1-2H3/t20-,21-,22-/m1/s1. The molecule has 0 heterocycles. The summed E-state index contributed by atoms with van der Waals surface area (Å²) < 4.78 is 0. The van der Waals surface area contributed by atoms with Gasteiger partial charge in [0.15, 0.2) is 0 Å². The first-order valence-electron chi connectivity index (χ1n) is 10.4. The molecule has 3 atom stereocenters. The SMILES string of the molecule is CN(C)C=CCCCCC[C@H]1[C@H](O)CC[C@H]1C=CCCCCCCO. The summed E-state index contributed by atoms with van der Waals surface area (Å²) in [6, 6.07) is 0. The van der Waals surface area contributed by atoms with Crippen molar-refractivity contribution in [3.05, 3.63) is 24.4 Å². The summed E-state index contributed by atoms with van der Waals surface area (Å²) in [6.07, 6.45) is 22.9. The predicted molar refractivity (Wildman–Crippen MR) is 107 cm³/mol. The average Bonchev–Trinajstić information content (AvgIpc) is 2.93. The molecule has 1 saturated carbocycles.